The van der Waals surface area contributed by atoms with Crippen LogP contribution in [0.3, 0.4) is 0 Å². The molecule has 0 radical (unpaired) electrons. The Kier molecular flexibility index (Phi) is 4.79. The van der Waals surface area contributed by atoms with Gasteiger partial charge in [-0.1, -0.05) is 12.1 Å². The second kappa shape index (κ2) is 7.17. The molecular weight excluding hydrogens is 325 g/mol. The topological polar surface area (TPSA) is 57.1 Å². The minimum absolute atomic E-state index is 0.0780. The molecule has 1 aliphatic rings. The van der Waals surface area contributed by atoms with Crippen LogP contribution in [0.4, 0.5) is 4.39 Å². The molecule has 0 fully saturated rings. The molecule has 0 aliphatic carbocycles. The van der Waals surface area contributed by atoms with Gasteiger partial charge in [-0.25, -0.2) is 14.2 Å². The number of rotatable bonds is 5. The van der Waals surface area contributed by atoms with Gasteiger partial charge in [0.1, 0.15) is 5.82 Å². The molecule has 0 saturated carbocycles. The molecule has 2 aromatic rings. The number of hydrogen-bond acceptors (Lipinski definition) is 5. The molecule has 0 aromatic heterocycles. The Bertz CT molecular complexity index is 873. The number of aliphatic imine (C=N–C) groups is 1. The zero-order chi connectivity index (χ0) is 17.8. The predicted molar refractivity (Wildman–Crippen MR) is 91.2 cm³/mol. The van der Waals surface area contributed by atoms with E-state index < -0.39 is 11.8 Å². The van der Waals surface area contributed by atoms with Gasteiger partial charge in [-0.15, -0.1) is 0 Å². The lowest BCUT2D eigenvalue weighted by Gasteiger charge is -2.09. The van der Waals surface area contributed by atoms with Crippen LogP contribution in [0.1, 0.15) is 18.1 Å². The molecule has 0 unspecified atom stereocenters. The molecule has 0 atom stereocenters. The number of carbonyl (C=O) groups is 1. The number of esters is 1. The molecule has 0 bridgehead atoms. The summed E-state index contributed by atoms with van der Waals surface area (Å²) in [5.41, 5.74) is 1.24. The highest BCUT2D eigenvalue weighted by atomic mass is 19.1. The number of benzene rings is 2. The van der Waals surface area contributed by atoms with Gasteiger partial charge in [-0.3, -0.25) is 0 Å². The number of hydrogen-bond donors (Lipinski definition) is 0. The van der Waals surface area contributed by atoms with Crippen molar-refractivity contribution in [1.29, 1.82) is 0 Å². The average molecular weight is 341 g/mol. The first-order valence-corrected chi connectivity index (χ1v) is 7.70. The van der Waals surface area contributed by atoms with Crippen molar-refractivity contribution in [2.45, 2.75) is 6.92 Å². The standard InChI is InChI=1S/C19H16FNO4/c1-3-24-17-10-12(7-8-16(17)23-2)9-15-19(22)25-18(21-15)13-5-4-6-14(20)11-13/h4-11H,3H2,1-2H3/b15-9-. The van der Waals surface area contributed by atoms with Gasteiger partial charge in [0.15, 0.2) is 17.2 Å². The lowest BCUT2D eigenvalue weighted by molar-refractivity contribution is -0.129. The molecule has 1 heterocycles. The fraction of sp³-hybridized carbons (Fsp3) is 0.158. The lowest BCUT2D eigenvalue weighted by atomic mass is 10.1. The third-order valence-electron chi connectivity index (χ3n) is 3.48. The summed E-state index contributed by atoms with van der Waals surface area (Å²) >= 11 is 0. The van der Waals surface area contributed by atoms with Gasteiger partial charge >= 0.3 is 5.97 Å². The van der Waals surface area contributed by atoms with Gasteiger partial charge in [0.25, 0.3) is 0 Å². The molecule has 0 amide bonds. The zero-order valence-corrected chi connectivity index (χ0v) is 13.8. The first-order chi connectivity index (χ1) is 12.1. The van der Waals surface area contributed by atoms with E-state index >= 15 is 0 Å². The van der Waals surface area contributed by atoms with Crippen molar-refractivity contribution in [3.05, 3.63) is 65.1 Å². The summed E-state index contributed by atoms with van der Waals surface area (Å²) in [7, 11) is 1.56. The van der Waals surface area contributed by atoms with Gasteiger partial charge in [0, 0.05) is 5.56 Å². The van der Waals surface area contributed by atoms with E-state index in [1.807, 2.05) is 6.92 Å². The SMILES string of the molecule is CCOc1cc(/C=C2\N=C(c3cccc(F)c3)OC2=O)ccc1OC. The Morgan fingerprint density at radius 1 is 1.20 bits per heavy atom. The van der Waals surface area contributed by atoms with Crippen LogP contribution in [0, 0.1) is 5.82 Å². The van der Waals surface area contributed by atoms with Crippen LogP contribution < -0.4 is 9.47 Å². The van der Waals surface area contributed by atoms with Crippen molar-refractivity contribution in [2.24, 2.45) is 4.99 Å². The van der Waals surface area contributed by atoms with Crippen LogP contribution in [-0.4, -0.2) is 25.6 Å². The Balaban J connectivity index is 1.93. The van der Waals surface area contributed by atoms with Crippen molar-refractivity contribution < 1.29 is 23.4 Å². The normalized spacial score (nSPS) is 15.1. The summed E-state index contributed by atoms with van der Waals surface area (Å²) in [4.78, 5) is 16.2. The maximum absolute atomic E-state index is 13.3. The van der Waals surface area contributed by atoms with Crippen LogP contribution in [0.2, 0.25) is 0 Å². The van der Waals surface area contributed by atoms with Gasteiger partial charge in [0.05, 0.1) is 13.7 Å². The summed E-state index contributed by atoms with van der Waals surface area (Å²) in [6.45, 7) is 2.36. The van der Waals surface area contributed by atoms with Gasteiger partial charge in [0.2, 0.25) is 5.90 Å². The molecule has 1 aliphatic heterocycles. The first-order valence-electron chi connectivity index (χ1n) is 7.70. The summed E-state index contributed by atoms with van der Waals surface area (Å²) < 4.78 is 29.2. The van der Waals surface area contributed by atoms with E-state index in [-0.39, 0.29) is 11.6 Å². The average Bonchev–Trinajstić information content (AvgIpc) is 2.96. The first kappa shape index (κ1) is 16.7. The second-order valence-corrected chi connectivity index (χ2v) is 5.19. The number of cyclic esters (lactones) is 1. The van der Waals surface area contributed by atoms with E-state index in [1.165, 1.54) is 18.2 Å². The van der Waals surface area contributed by atoms with Crippen LogP contribution in [0.15, 0.2) is 53.2 Å². The summed E-state index contributed by atoms with van der Waals surface area (Å²) in [6.07, 6.45) is 1.58. The summed E-state index contributed by atoms with van der Waals surface area (Å²) in [5, 5.41) is 0. The molecule has 128 valence electrons. The lowest BCUT2D eigenvalue weighted by Crippen LogP contribution is -2.05. The number of halogens is 1. The molecule has 2 aromatic carbocycles. The number of nitrogens with zero attached hydrogens (tertiary/aromatic N) is 1. The number of methoxy groups -OCH3 is 1. The fourth-order valence-electron chi connectivity index (χ4n) is 2.36. The van der Waals surface area contributed by atoms with Crippen molar-refractivity contribution in [3.8, 4) is 11.5 Å². The molecular formula is C19H16FNO4. The van der Waals surface area contributed by atoms with Crippen molar-refractivity contribution in [3.63, 3.8) is 0 Å². The highest BCUT2D eigenvalue weighted by Crippen LogP contribution is 2.29. The largest absolute Gasteiger partial charge is 0.493 e. The summed E-state index contributed by atoms with van der Waals surface area (Å²) in [5.74, 6) is 0.231. The number of carbonyl (C=O) groups excluding carboxylic acids is 1. The maximum Gasteiger partial charge on any atom is 0.363 e. The minimum Gasteiger partial charge on any atom is -0.493 e. The van der Waals surface area contributed by atoms with Crippen molar-refractivity contribution in [2.75, 3.05) is 13.7 Å². The maximum atomic E-state index is 13.3. The molecule has 3 rings (SSSR count). The van der Waals surface area contributed by atoms with Crippen LogP contribution in [0.25, 0.3) is 6.08 Å². The van der Waals surface area contributed by atoms with Crippen LogP contribution in [-0.2, 0) is 9.53 Å². The fourth-order valence-corrected chi connectivity index (χ4v) is 2.36. The van der Waals surface area contributed by atoms with E-state index in [9.17, 15) is 9.18 Å². The van der Waals surface area contributed by atoms with E-state index in [4.69, 9.17) is 14.2 Å². The quantitative estimate of drug-likeness (QED) is 0.616. The number of ether oxygens (including phenoxy) is 3. The second-order valence-electron chi connectivity index (χ2n) is 5.19. The van der Waals surface area contributed by atoms with E-state index in [1.54, 1.807) is 37.5 Å². The van der Waals surface area contributed by atoms with E-state index in [0.717, 1.165) is 0 Å². The summed E-state index contributed by atoms with van der Waals surface area (Å²) in [6, 6.07) is 11.0. The predicted octanol–water partition coefficient (Wildman–Crippen LogP) is 3.58. The molecule has 5 nitrogen and oxygen atoms in total. The zero-order valence-electron chi connectivity index (χ0n) is 13.8. The Labute approximate surface area is 144 Å². The minimum atomic E-state index is -0.590. The van der Waals surface area contributed by atoms with Crippen molar-refractivity contribution >= 4 is 17.9 Å². The van der Waals surface area contributed by atoms with Gasteiger partial charge < -0.3 is 14.2 Å². The van der Waals surface area contributed by atoms with Crippen LogP contribution in [0.5, 0.6) is 11.5 Å². The Morgan fingerprint density at radius 3 is 2.76 bits per heavy atom. The molecule has 6 heteroatoms. The third-order valence-corrected chi connectivity index (χ3v) is 3.48. The highest BCUT2D eigenvalue weighted by Gasteiger charge is 2.24. The monoisotopic (exact) mass is 341 g/mol. The molecule has 0 N–H and O–H groups in total. The van der Waals surface area contributed by atoms with Gasteiger partial charge in [-0.2, -0.15) is 0 Å². The van der Waals surface area contributed by atoms with Crippen molar-refractivity contribution in [1.82, 2.24) is 0 Å². The third kappa shape index (κ3) is 3.68. The van der Waals surface area contributed by atoms with E-state index in [2.05, 4.69) is 4.99 Å². The van der Waals surface area contributed by atoms with Gasteiger partial charge in [-0.05, 0) is 48.9 Å². The Morgan fingerprint density at radius 2 is 2.04 bits per heavy atom. The van der Waals surface area contributed by atoms with E-state index in [0.29, 0.717) is 29.2 Å². The highest BCUT2D eigenvalue weighted by molar-refractivity contribution is 6.12. The molecule has 0 spiro atoms. The Hall–Kier alpha value is -3.15. The smallest absolute Gasteiger partial charge is 0.363 e. The molecule has 0 saturated heterocycles. The van der Waals surface area contributed by atoms with Crippen LogP contribution >= 0.6 is 0 Å². The molecule has 25 heavy (non-hydrogen) atoms.